The van der Waals surface area contributed by atoms with Crippen molar-refractivity contribution >= 4 is 11.6 Å². The molecule has 1 amide bonds. The van der Waals surface area contributed by atoms with Gasteiger partial charge in [0, 0.05) is 24.3 Å². The number of nitrogens with two attached hydrogens (primary N) is 1. The first-order chi connectivity index (χ1) is 13.2. The van der Waals surface area contributed by atoms with Gasteiger partial charge in [-0.05, 0) is 53.9 Å². The zero-order valence-electron chi connectivity index (χ0n) is 15.5. The maximum Gasteiger partial charge on any atom is 0.254 e. The number of carbonyl (C=O) groups is 1. The first-order valence-electron chi connectivity index (χ1n) is 8.97. The molecule has 0 saturated heterocycles. The van der Waals surface area contributed by atoms with Crippen molar-refractivity contribution in [1.82, 2.24) is 4.90 Å². The van der Waals surface area contributed by atoms with Gasteiger partial charge in [0.05, 0.1) is 7.11 Å². The minimum Gasteiger partial charge on any atom is -0.497 e. The van der Waals surface area contributed by atoms with Crippen LogP contribution in [0.25, 0.3) is 0 Å². The van der Waals surface area contributed by atoms with Crippen LogP contribution in [0.3, 0.4) is 0 Å². The molecular weight excluding hydrogens is 336 g/mol. The maximum atomic E-state index is 13.0. The summed E-state index contributed by atoms with van der Waals surface area (Å²) in [5.41, 5.74) is 9.42. The quantitative estimate of drug-likeness (QED) is 0.644. The van der Waals surface area contributed by atoms with Gasteiger partial charge in [-0.2, -0.15) is 0 Å². The van der Waals surface area contributed by atoms with Crippen LogP contribution >= 0.6 is 0 Å². The van der Waals surface area contributed by atoms with Gasteiger partial charge < -0.3 is 15.4 Å². The number of ether oxygens (including phenoxy) is 1. The molecule has 0 fully saturated rings. The molecule has 0 aliphatic rings. The van der Waals surface area contributed by atoms with E-state index in [1.54, 1.807) is 7.11 Å². The first kappa shape index (κ1) is 18.5. The van der Waals surface area contributed by atoms with Crippen LogP contribution in [0, 0.1) is 0 Å². The number of benzene rings is 3. The SMILES string of the molecule is COc1ccc(CN(CCc2ccc(N)cc2)C(=O)c2ccccc2)cc1. The standard InChI is InChI=1S/C23H24N2O2/c1-27-22-13-9-19(10-14-22)17-25(23(26)20-5-3-2-4-6-20)16-15-18-7-11-21(24)12-8-18/h2-14H,15-17,24H2,1H3. The van der Waals surface area contributed by atoms with Crippen LogP contribution in [0.4, 0.5) is 5.69 Å². The van der Waals surface area contributed by atoms with Crippen molar-refractivity contribution in [3.63, 3.8) is 0 Å². The van der Waals surface area contributed by atoms with Gasteiger partial charge in [0.15, 0.2) is 0 Å². The van der Waals surface area contributed by atoms with Crippen LogP contribution in [0.5, 0.6) is 5.75 Å². The molecular formula is C23H24N2O2. The van der Waals surface area contributed by atoms with E-state index in [4.69, 9.17) is 10.5 Å². The molecule has 3 rings (SSSR count). The molecule has 3 aromatic rings. The zero-order valence-corrected chi connectivity index (χ0v) is 15.5. The van der Waals surface area contributed by atoms with Gasteiger partial charge in [-0.15, -0.1) is 0 Å². The summed E-state index contributed by atoms with van der Waals surface area (Å²) in [6.07, 6.45) is 0.773. The van der Waals surface area contributed by atoms with Crippen LogP contribution in [0.2, 0.25) is 0 Å². The highest BCUT2D eigenvalue weighted by Gasteiger charge is 2.16. The number of amides is 1. The number of hydrogen-bond acceptors (Lipinski definition) is 3. The van der Waals surface area contributed by atoms with E-state index in [0.29, 0.717) is 18.7 Å². The molecule has 0 radical (unpaired) electrons. The van der Waals surface area contributed by atoms with Crippen molar-refractivity contribution in [2.45, 2.75) is 13.0 Å². The highest BCUT2D eigenvalue weighted by molar-refractivity contribution is 5.94. The molecule has 3 aromatic carbocycles. The fourth-order valence-corrected chi connectivity index (χ4v) is 2.92. The molecule has 0 atom stereocenters. The van der Waals surface area contributed by atoms with Crippen molar-refractivity contribution in [2.24, 2.45) is 0 Å². The number of hydrogen-bond donors (Lipinski definition) is 1. The van der Waals surface area contributed by atoms with Gasteiger partial charge in [0.25, 0.3) is 5.91 Å². The number of rotatable bonds is 7. The van der Waals surface area contributed by atoms with Crippen molar-refractivity contribution in [3.8, 4) is 5.75 Å². The Labute approximate surface area is 160 Å². The van der Waals surface area contributed by atoms with E-state index in [0.717, 1.165) is 29.0 Å². The number of carbonyl (C=O) groups excluding carboxylic acids is 1. The lowest BCUT2D eigenvalue weighted by Gasteiger charge is -2.23. The molecule has 0 aliphatic heterocycles. The topological polar surface area (TPSA) is 55.6 Å². The summed E-state index contributed by atoms with van der Waals surface area (Å²) in [5.74, 6) is 0.837. The minimum absolute atomic E-state index is 0.0295. The maximum absolute atomic E-state index is 13.0. The molecule has 27 heavy (non-hydrogen) atoms. The third-order valence-corrected chi connectivity index (χ3v) is 4.49. The van der Waals surface area contributed by atoms with Crippen molar-refractivity contribution in [3.05, 3.63) is 95.6 Å². The van der Waals surface area contributed by atoms with Gasteiger partial charge in [-0.25, -0.2) is 0 Å². The molecule has 0 spiro atoms. The smallest absolute Gasteiger partial charge is 0.254 e. The third kappa shape index (κ3) is 5.11. The van der Waals surface area contributed by atoms with E-state index in [1.807, 2.05) is 83.8 Å². The molecule has 0 aromatic heterocycles. The summed E-state index contributed by atoms with van der Waals surface area (Å²) in [6.45, 7) is 1.18. The third-order valence-electron chi connectivity index (χ3n) is 4.49. The largest absolute Gasteiger partial charge is 0.497 e. The zero-order chi connectivity index (χ0) is 19.1. The van der Waals surface area contributed by atoms with E-state index in [2.05, 4.69) is 0 Å². The Kier molecular flexibility index (Phi) is 6.10. The van der Waals surface area contributed by atoms with E-state index in [-0.39, 0.29) is 5.91 Å². The molecule has 0 heterocycles. The van der Waals surface area contributed by atoms with Gasteiger partial charge in [-0.3, -0.25) is 4.79 Å². The van der Waals surface area contributed by atoms with Crippen molar-refractivity contribution in [1.29, 1.82) is 0 Å². The molecule has 0 saturated carbocycles. The Bertz CT molecular complexity index is 859. The van der Waals surface area contributed by atoms with Gasteiger partial charge >= 0.3 is 0 Å². The van der Waals surface area contributed by atoms with Crippen LogP contribution in [0.1, 0.15) is 21.5 Å². The molecule has 4 nitrogen and oxygen atoms in total. The first-order valence-corrected chi connectivity index (χ1v) is 8.97. The summed E-state index contributed by atoms with van der Waals surface area (Å²) >= 11 is 0. The molecule has 2 N–H and O–H groups in total. The number of nitrogen functional groups attached to an aromatic ring is 1. The molecule has 0 bridgehead atoms. The fraction of sp³-hybridized carbons (Fsp3) is 0.174. The van der Waals surface area contributed by atoms with Crippen molar-refractivity contribution < 1.29 is 9.53 Å². The van der Waals surface area contributed by atoms with Crippen LogP contribution < -0.4 is 10.5 Å². The lowest BCUT2D eigenvalue weighted by atomic mass is 10.1. The van der Waals surface area contributed by atoms with Crippen LogP contribution in [-0.4, -0.2) is 24.5 Å². The highest BCUT2D eigenvalue weighted by atomic mass is 16.5. The predicted molar refractivity (Wildman–Crippen MR) is 109 cm³/mol. The average molecular weight is 360 g/mol. The Morgan fingerprint density at radius 2 is 1.52 bits per heavy atom. The van der Waals surface area contributed by atoms with Crippen LogP contribution in [0.15, 0.2) is 78.9 Å². The Balaban J connectivity index is 1.76. The Morgan fingerprint density at radius 1 is 0.889 bits per heavy atom. The predicted octanol–water partition coefficient (Wildman–Crippen LogP) is 4.16. The second kappa shape index (κ2) is 8.90. The lowest BCUT2D eigenvalue weighted by Crippen LogP contribution is -2.32. The van der Waals surface area contributed by atoms with E-state index >= 15 is 0 Å². The normalized spacial score (nSPS) is 10.4. The Morgan fingerprint density at radius 3 is 2.15 bits per heavy atom. The van der Waals surface area contributed by atoms with Crippen LogP contribution in [-0.2, 0) is 13.0 Å². The minimum atomic E-state index is 0.0295. The second-order valence-corrected chi connectivity index (χ2v) is 6.43. The molecule has 4 heteroatoms. The highest BCUT2D eigenvalue weighted by Crippen LogP contribution is 2.16. The Hall–Kier alpha value is -3.27. The summed E-state index contributed by atoms with van der Waals surface area (Å²) in [4.78, 5) is 14.9. The molecule has 138 valence electrons. The number of methoxy groups -OCH3 is 1. The van der Waals surface area contributed by atoms with E-state index in [9.17, 15) is 4.79 Å². The summed E-state index contributed by atoms with van der Waals surface area (Å²) in [5, 5.41) is 0. The molecule has 0 unspecified atom stereocenters. The number of nitrogens with zero attached hydrogens (tertiary/aromatic N) is 1. The average Bonchev–Trinajstić information content (AvgIpc) is 2.73. The fourth-order valence-electron chi connectivity index (χ4n) is 2.92. The van der Waals surface area contributed by atoms with E-state index < -0.39 is 0 Å². The molecule has 0 aliphatic carbocycles. The van der Waals surface area contributed by atoms with Crippen molar-refractivity contribution in [2.75, 3.05) is 19.4 Å². The van der Waals surface area contributed by atoms with Gasteiger partial charge in [0.1, 0.15) is 5.75 Å². The number of anilines is 1. The van der Waals surface area contributed by atoms with E-state index in [1.165, 1.54) is 0 Å². The monoisotopic (exact) mass is 360 g/mol. The summed E-state index contributed by atoms with van der Waals surface area (Å²) in [6, 6.07) is 25.0. The van der Waals surface area contributed by atoms with Gasteiger partial charge in [0.2, 0.25) is 0 Å². The second-order valence-electron chi connectivity index (χ2n) is 6.43. The summed E-state index contributed by atoms with van der Waals surface area (Å²) in [7, 11) is 1.65. The summed E-state index contributed by atoms with van der Waals surface area (Å²) < 4.78 is 5.22. The van der Waals surface area contributed by atoms with Gasteiger partial charge in [-0.1, -0.05) is 42.5 Å². The lowest BCUT2D eigenvalue weighted by molar-refractivity contribution is 0.0745.